The molecule has 2 aliphatic rings. The molecule has 1 aromatic carbocycles. The highest BCUT2D eigenvalue weighted by Crippen LogP contribution is 2.50. The minimum Gasteiger partial charge on any atom is -0.461 e. The van der Waals surface area contributed by atoms with Crippen LogP contribution in [0.2, 0.25) is 0 Å². The largest absolute Gasteiger partial charge is 0.461 e. The monoisotopic (exact) mass is 301 g/mol. The molecule has 5 nitrogen and oxygen atoms in total. The predicted molar refractivity (Wildman–Crippen MR) is 79.9 cm³/mol. The van der Waals surface area contributed by atoms with Gasteiger partial charge in [-0.05, 0) is 38.3 Å². The van der Waals surface area contributed by atoms with Crippen LogP contribution in [0.5, 0.6) is 0 Å². The van der Waals surface area contributed by atoms with Gasteiger partial charge in [0.25, 0.3) is 0 Å². The number of nitrogens with zero attached hydrogens (tertiary/aromatic N) is 1. The fourth-order valence-corrected chi connectivity index (χ4v) is 3.70. The maximum atomic E-state index is 13.0. The molecular formula is C17H19NO4. The van der Waals surface area contributed by atoms with Gasteiger partial charge in [0.2, 0.25) is 11.8 Å². The van der Waals surface area contributed by atoms with Crippen LogP contribution in [-0.2, 0) is 19.1 Å². The van der Waals surface area contributed by atoms with Crippen molar-refractivity contribution in [3.05, 3.63) is 30.3 Å². The molecule has 2 fully saturated rings. The van der Waals surface area contributed by atoms with Crippen molar-refractivity contribution in [3.63, 3.8) is 0 Å². The van der Waals surface area contributed by atoms with E-state index >= 15 is 0 Å². The van der Waals surface area contributed by atoms with Crippen LogP contribution in [-0.4, -0.2) is 23.9 Å². The van der Waals surface area contributed by atoms with E-state index in [9.17, 15) is 14.4 Å². The second kappa shape index (κ2) is 5.23. The van der Waals surface area contributed by atoms with Crippen molar-refractivity contribution in [2.75, 3.05) is 4.90 Å². The van der Waals surface area contributed by atoms with Crippen LogP contribution in [0, 0.1) is 11.3 Å². The van der Waals surface area contributed by atoms with E-state index in [1.165, 1.54) is 11.8 Å². The highest BCUT2D eigenvalue weighted by Gasteiger charge is 2.62. The maximum Gasteiger partial charge on any atom is 0.302 e. The Balaban J connectivity index is 2.01. The average molecular weight is 301 g/mol. The number of benzene rings is 1. The smallest absolute Gasteiger partial charge is 0.302 e. The zero-order chi connectivity index (χ0) is 15.9. The average Bonchev–Trinajstić information content (AvgIpc) is 2.69. The zero-order valence-electron chi connectivity index (χ0n) is 12.7. The number of para-hydroxylation sites is 1. The number of rotatable bonds is 2. The molecule has 1 heterocycles. The van der Waals surface area contributed by atoms with Gasteiger partial charge >= 0.3 is 5.97 Å². The summed E-state index contributed by atoms with van der Waals surface area (Å²) in [5.41, 5.74) is -0.383. The Hall–Kier alpha value is -2.17. The van der Waals surface area contributed by atoms with Gasteiger partial charge < -0.3 is 4.74 Å². The topological polar surface area (TPSA) is 63.7 Å². The second-order valence-electron chi connectivity index (χ2n) is 6.18. The number of hydrogen-bond donors (Lipinski definition) is 0. The Morgan fingerprint density at radius 1 is 1.23 bits per heavy atom. The molecule has 116 valence electrons. The Kier molecular flexibility index (Phi) is 3.51. The van der Waals surface area contributed by atoms with Gasteiger partial charge in [-0.2, -0.15) is 0 Å². The van der Waals surface area contributed by atoms with Crippen molar-refractivity contribution in [3.8, 4) is 0 Å². The van der Waals surface area contributed by atoms with Crippen LogP contribution in [0.3, 0.4) is 0 Å². The Morgan fingerprint density at radius 3 is 2.55 bits per heavy atom. The van der Waals surface area contributed by atoms with E-state index in [-0.39, 0.29) is 11.8 Å². The van der Waals surface area contributed by atoms with Crippen molar-refractivity contribution in [2.24, 2.45) is 11.3 Å². The van der Waals surface area contributed by atoms with Gasteiger partial charge in [0, 0.05) is 6.92 Å². The molecule has 0 radical (unpaired) electrons. The predicted octanol–water partition coefficient (Wildman–Crippen LogP) is 2.30. The van der Waals surface area contributed by atoms with Gasteiger partial charge in [-0.1, -0.05) is 18.2 Å². The van der Waals surface area contributed by atoms with E-state index in [1.54, 1.807) is 31.2 Å². The molecule has 1 aliphatic carbocycles. The molecule has 5 heteroatoms. The molecule has 1 saturated carbocycles. The Bertz CT molecular complexity index is 627. The molecule has 0 N–H and O–H groups in total. The van der Waals surface area contributed by atoms with Crippen molar-refractivity contribution in [1.29, 1.82) is 0 Å². The first-order chi connectivity index (χ1) is 10.5. The summed E-state index contributed by atoms with van der Waals surface area (Å²) in [5.74, 6) is -1.28. The molecule has 0 spiro atoms. The summed E-state index contributed by atoms with van der Waals surface area (Å²) in [6.45, 7) is 3.09. The van der Waals surface area contributed by atoms with Gasteiger partial charge in [0.05, 0.1) is 17.0 Å². The Labute approximate surface area is 129 Å². The van der Waals surface area contributed by atoms with Crippen molar-refractivity contribution < 1.29 is 19.1 Å². The lowest BCUT2D eigenvalue weighted by molar-refractivity contribution is -0.163. The first-order valence-electron chi connectivity index (χ1n) is 7.57. The van der Waals surface area contributed by atoms with E-state index < -0.39 is 23.4 Å². The van der Waals surface area contributed by atoms with Crippen LogP contribution in [0.1, 0.15) is 33.1 Å². The van der Waals surface area contributed by atoms with Crippen LogP contribution in [0.4, 0.5) is 5.69 Å². The normalized spacial score (nSPS) is 31.1. The summed E-state index contributed by atoms with van der Waals surface area (Å²) in [5, 5.41) is 0. The second-order valence-corrected chi connectivity index (χ2v) is 6.18. The number of esters is 1. The third-order valence-electron chi connectivity index (χ3n) is 4.86. The number of ether oxygens (including phenoxy) is 1. The quantitative estimate of drug-likeness (QED) is 0.621. The number of fused-ring (bicyclic) bond motifs is 1. The SMILES string of the molecule is CC(=O)OC1CCCC2C(=O)N(c3ccccc3)C(=O)C12C. The lowest BCUT2D eigenvalue weighted by Gasteiger charge is -2.38. The van der Waals surface area contributed by atoms with Crippen molar-refractivity contribution in [2.45, 2.75) is 39.2 Å². The third-order valence-corrected chi connectivity index (χ3v) is 4.86. The van der Waals surface area contributed by atoms with Crippen molar-refractivity contribution >= 4 is 23.5 Å². The number of carbonyl (C=O) groups excluding carboxylic acids is 3. The first-order valence-corrected chi connectivity index (χ1v) is 7.57. The highest BCUT2D eigenvalue weighted by molar-refractivity contribution is 6.23. The molecule has 1 aromatic rings. The molecule has 1 aliphatic heterocycles. The molecule has 22 heavy (non-hydrogen) atoms. The highest BCUT2D eigenvalue weighted by atomic mass is 16.5. The molecule has 3 unspecified atom stereocenters. The van der Waals surface area contributed by atoms with E-state index in [0.717, 1.165) is 6.42 Å². The summed E-state index contributed by atoms with van der Waals surface area (Å²) < 4.78 is 5.37. The lowest BCUT2D eigenvalue weighted by Crippen LogP contribution is -2.48. The fraction of sp³-hybridized carbons (Fsp3) is 0.471. The number of anilines is 1. The molecule has 0 aromatic heterocycles. The lowest BCUT2D eigenvalue weighted by atomic mass is 9.67. The van der Waals surface area contributed by atoms with E-state index in [2.05, 4.69) is 0 Å². The van der Waals surface area contributed by atoms with Gasteiger partial charge in [-0.3, -0.25) is 14.4 Å². The summed E-state index contributed by atoms with van der Waals surface area (Å²) in [7, 11) is 0. The zero-order valence-corrected chi connectivity index (χ0v) is 12.7. The minimum atomic E-state index is -0.961. The molecule has 3 rings (SSSR count). The molecular weight excluding hydrogens is 282 g/mol. The van der Waals surface area contributed by atoms with Gasteiger partial charge in [-0.25, -0.2) is 4.90 Å². The summed E-state index contributed by atoms with van der Waals surface area (Å²) >= 11 is 0. The first kappa shape index (κ1) is 14.8. The molecule has 1 saturated heterocycles. The molecule has 2 amide bonds. The summed E-state index contributed by atoms with van der Waals surface area (Å²) in [6, 6.07) is 8.92. The van der Waals surface area contributed by atoms with Gasteiger partial charge in [-0.15, -0.1) is 0 Å². The molecule has 3 atom stereocenters. The van der Waals surface area contributed by atoms with Crippen LogP contribution >= 0.6 is 0 Å². The molecule has 0 bridgehead atoms. The number of carbonyl (C=O) groups is 3. The summed E-state index contributed by atoms with van der Waals surface area (Å²) in [6.07, 6.45) is 1.52. The Morgan fingerprint density at radius 2 is 1.91 bits per heavy atom. The van der Waals surface area contributed by atoms with E-state index in [1.807, 2.05) is 6.07 Å². The fourth-order valence-electron chi connectivity index (χ4n) is 3.70. The summed E-state index contributed by atoms with van der Waals surface area (Å²) in [4.78, 5) is 38.3. The minimum absolute atomic E-state index is 0.185. The van der Waals surface area contributed by atoms with E-state index in [0.29, 0.717) is 18.5 Å². The van der Waals surface area contributed by atoms with Crippen LogP contribution in [0.15, 0.2) is 30.3 Å². The van der Waals surface area contributed by atoms with Crippen LogP contribution < -0.4 is 4.90 Å². The number of imide groups is 1. The van der Waals surface area contributed by atoms with Crippen LogP contribution in [0.25, 0.3) is 0 Å². The van der Waals surface area contributed by atoms with Gasteiger partial charge in [0.15, 0.2) is 0 Å². The standard InChI is InChI=1S/C17H19NO4/c1-11(19)22-14-10-6-9-13-15(20)18(16(21)17(13,14)2)12-7-4-3-5-8-12/h3-5,7-8,13-14H,6,9-10H2,1-2H3. The number of amides is 2. The van der Waals surface area contributed by atoms with Gasteiger partial charge in [0.1, 0.15) is 6.10 Å². The van der Waals surface area contributed by atoms with Crippen molar-refractivity contribution in [1.82, 2.24) is 0 Å². The third kappa shape index (κ3) is 2.03. The number of hydrogen-bond acceptors (Lipinski definition) is 4. The van der Waals surface area contributed by atoms with E-state index in [4.69, 9.17) is 4.74 Å². The maximum absolute atomic E-state index is 13.0.